The van der Waals surface area contributed by atoms with Crippen molar-refractivity contribution in [3.8, 4) is 6.01 Å². The lowest BCUT2D eigenvalue weighted by Crippen LogP contribution is -2.35. The van der Waals surface area contributed by atoms with E-state index in [-0.39, 0.29) is 22.8 Å². The molecule has 0 bridgehead atoms. The molecule has 2 amide bonds. The number of methoxy groups -OCH3 is 1. The van der Waals surface area contributed by atoms with Gasteiger partial charge in [-0.2, -0.15) is 23.4 Å². The van der Waals surface area contributed by atoms with Crippen LogP contribution in [0.5, 0.6) is 6.01 Å². The number of nitrogens with zero attached hydrogens (tertiary/aromatic N) is 4. The van der Waals surface area contributed by atoms with Gasteiger partial charge >= 0.3 is 12.0 Å². The fourth-order valence-electron chi connectivity index (χ4n) is 1.47. The van der Waals surface area contributed by atoms with E-state index in [1.807, 2.05) is 0 Å². The Morgan fingerprint density at radius 2 is 2.04 bits per heavy atom. The van der Waals surface area contributed by atoms with Crippen LogP contribution < -0.4 is 14.8 Å². The van der Waals surface area contributed by atoms with Gasteiger partial charge in [-0.25, -0.2) is 14.5 Å². The van der Waals surface area contributed by atoms with E-state index in [1.54, 1.807) is 11.6 Å². The Hall–Kier alpha value is -2.53. The molecule has 0 saturated carbocycles. The topological polar surface area (TPSA) is 136 Å². The minimum absolute atomic E-state index is 0.0246. The molecule has 12 heteroatoms. The number of sulfonamides is 1. The third-order valence-corrected chi connectivity index (χ3v) is 4.05. The van der Waals surface area contributed by atoms with E-state index in [0.717, 1.165) is 0 Å². The molecule has 2 aromatic rings. The maximum absolute atomic E-state index is 12.0. The quantitative estimate of drug-likeness (QED) is 0.816. The van der Waals surface area contributed by atoms with Crippen LogP contribution in [0.1, 0.15) is 5.82 Å². The second-order valence-corrected chi connectivity index (χ2v) is 6.05. The summed E-state index contributed by atoms with van der Waals surface area (Å²) >= 11 is 5.75. The lowest BCUT2D eigenvalue weighted by molar-refractivity contribution is 0.256. The van der Waals surface area contributed by atoms with E-state index < -0.39 is 21.1 Å². The highest BCUT2D eigenvalue weighted by molar-refractivity contribution is 7.90. The first-order valence-electron chi connectivity index (χ1n) is 6.03. The summed E-state index contributed by atoms with van der Waals surface area (Å²) in [5.41, 5.74) is 0. The Bertz CT molecular complexity index is 844. The fourth-order valence-corrected chi connectivity index (χ4v) is 2.81. The normalized spacial score (nSPS) is 10.9. The van der Waals surface area contributed by atoms with E-state index in [0.29, 0.717) is 0 Å². The van der Waals surface area contributed by atoms with Crippen molar-refractivity contribution in [1.82, 2.24) is 24.7 Å². The maximum atomic E-state index is 12.0. The molecule has 0 saturated heterocycles. The first-order chi connectivity index (χ1) is 10.8. The molecule has 10 nitrogen and oxygen atoms in total. The van der Waals surface area contributed by atoms with Gasteiger partial charge in [0.2, 0.25) is 5.95 Å². The summed E-state index contributed by atoms with van der Waals surface area (Å²) in [5.74, 6) is 0.108. The maximum Gasteiger partial charge on any atom is 0.335 e. The Labute approximate surface area is 136 Å². The summed E-state index contributed by atoms with van der Waals surface area (Å²) in [4.78, 5) is 26.9. The summed E-state index contributed by atoms with van der Waals surface area (Å²) in [6.45, 7) is 1.55. The van der Waals surface area contributed by atoms with Crippen LogP contribution in [0.15, 0.2) is 23.4 Å². The first-order valence-corrected chi connectivity index (χ1v) is 7.89. The molecule has 0 aromatic carbocycles. The lowest BCUT2D eigenvalue weighted by Gasteiger charge is -2.08. The molecule has 0 unspecified atom stereocenters. The van der Waals surface area contributed by atoms with Gasteiger partial charge in [0, 0.05) is 6.20 Å². The van der Waals surface area contributed by atoms with Gasteiger partial charge < -0.3 is 4.74 Å². The van der Waals surface area contributed by atoms with Gasteiger partial charge in [0.1, 0.15) is 5.82 Å². The average Bonchev–Trinajstić information content (AvgIpc) is 2.46. The zero-order chi connectivity index (χ0) is 17.0. The number of hydrogen-bond acceptors (Lipinski definition) is 8. The van der Waals surface area contributed by atoms with Crippen LogP contribution in [0.2, 0.25) is 5.02 Å². The van der Waals surface area contributed by atoms with E-state index in [9.17, 15) is 13.2 Å². The minimum Gasteiger partial charge on any atom is -0.467 e. The number of pyridine rings is 1. The van der Waals surface area contributed by atoms with Crippen LogP contribution in [-0.2, 0) is 10.0 Å². The molecule has 0 spiro atoms. The molecule has 0 aliphatic rings. The van der Waals surface area contributed by atoms with Crippen molar-refractivity contribution in [2.24, 2.45) is 0 Å². The van der Waals surface area contributed by atoms with Crippen molar-refractivity contribution in [2.45, 2.75) is 11.9 Å². The molecule has 23 heavy (non-hydrogen) atoms. The number of aryl methyl sites for hydroxylation is 1. The van der Waals surface area contributed by atoms with Crippen molar-refractivity contribution in [2.75, 3.05) is 12.4 Å². The van der Waals surface area contributed by atoms with Crippen LogP contribution in [-0.4, -0.2) is 41.5 Å². The number of hydrogen-bond donors (Lipinski definition) is 2. The molecule has 2 aromatic heterocycles. The SMILES string of the molecule is COc1nc(C)nc(NC(=O)NS(=O)(=O)c2ncccc2Cl)n1. The first kappa shape index (κ1) is 16.8. The van der Waals surface area contributed by atoms with Crippen LogP contribution >= 0.6 is 11.6 Å². The van der Waals surface area contributed by atoms with Gasteiger partial charge in [0.15, 0.2) is 5.03 Å². The Morgan fingerprint density at radius 3 is 2.70 bits per heavy atom. The zero-order valence-corrected chi connectivity index (χ0v) is 13.5. The van der Waals surface area contributed by atoms with Crippen LogP contribution in [0.4, 0.5) is 10.7 Å². The number of aromatic nitrogens is 4. The van der Waals surface area contributed by atoms with Gasteiger partial charge in [-0.05, 0) is 19.1 Å². The highest BCUT2D eigenvalue weighted by Crippen LogP contribution is 2.17. The molecule has 0 radical (unpaired) electrons. The number of anilines is 1. The molecular formula is C11H11ClN6O4S. The van der Waals surface area contributed by atoms with Crippen LogP contribution in [0.25, 0.3) is 0 Å². The molecule has 2 rings (SSSR count). The summed E-state index contributed by atoms with van der Waals surface area (Å²) in [5, 5.41) is 1.57. The largest absolute Gasteiger partial charge is 0.467 e. The molecule has 0 aliphatic carbocycles. The molecule has 2 N–H and O–H groups in total. The summed E-state index contributed by atoms with van der Waals surface area (Å²) in [6.07, 6.45) is 1.23. The smallest absolute Gasteiger partial charge is 0.335 e. The monoisotopic (exact) mass is 358 g/mol. The molecule has 0 fully saturated rings. The van der Waals surface area contributed by atoms with Crippen molar-refractivity contribution < 1.29 is 17.9 Å². The number of urea groups is 1. The number of nitrogens with one attached hydrogen (secondary N) is 2. The number of amides is 2. The minimum atomic E-state index is -4.24. The van der Waals surface area contributed by atoms with Gasteiger partial charge in [-0.1, -0.05) is 11.6 Å². The predicted octanol–water partition coefficient (Wildman–Crippen LogP) is 0.747. The van der Waals surface area contributed by atoms with E-state index in [1.165, 1.54) is 25.4 Å². The third-order valence-electron chi connectivity index (χ3n) is 2.34. The molecule has 2 heterocycles. The highest BCUT2D eigenvalue weighted by Gasteiger charge is 2.22. The van der Waals surface area contributed by atoms with Crippen molar-refractivity contribution in [3.05, 3.63) is 29.2 Å². The number of carbonyl (C=O) groups is 1. The van der Waals surface area contributed by atoms with E-state index >= 15 is 0 Å². The Kier molecular flexibility index (Phi) is 4.91. The van der Waals surface area contributed by atoms with Crippen LogP contribution in [0, 0.1) is 6.92 Å². The van der Waals surface area contributed by atoms with E-state index in [2.05, 4.69) is 25.3 Å². The zero-order valence-electron chi connectivity index (χ0n) is 11.9. The standard InChI is InChI=1S/C11H11ClN6O4S/c1-6-14-9(17-11(15-6)22-2)16-10(19)18-23(20,21)8-7(12)4-3-5-13-8/h3-5H,1-2H3,(H2,14,15,16,17,18,19). The molecular weight excluding hydrogens is 348 g/mol. The fraction of sp³-hybridized carbons (Fsp3) is 0.182. The molecule has 0 atom stereocenters. The number of halogens is 1. The van der Waals surface area contributed by atoms with E-state index in [4.69, 9.17) is 16.3 Å². The van der Waals surface area contributed by atoms with Gasteiger partial charge in [0.05, 0.1) is 12.1 Å². The Balaban J connectivity index is 2.16. The highest BCUT2D eigenvalue weighted by atomic mass is 35.5. The Morgan fingerprint density at radius 1 is 1.30 bits per heavy atom. The second-order valence-electron chi connectivity index (χ2n) is 4.04. The van der Waals surface area contributed by atoms with Gasteiger partial charge in [-0.3, -0.25) is 5.32 Å². The third kappa shape index (κ3) is 4.23. The second kappa shape index (κ2) is 6.71. The summed E-state index contributed by atoms with van der Waals surface area (Å²) in [7, 11) is -2.90. The lowest BCUT2D eigenvalue weighted by atomic mass is 10.5. The van der Waals surface area contributed by atoms with Crippen molar-refractivity contribution in [3.63, 3.8) is 0 Å². The number of rotatable bonds is 4. The van der Waals surface area contributed by atoms with Gasteiger partial charge in [-0.15, -0.1) is 0 Å². The molecule has 122 valence electrons. The van der Waals surface area contributed by atoms with Gasteiger partial charge in [0.25, 0.3) is 10.0 Å². The average molecular weight is 359 g/mol. The summed E-state index contributed by atoms with van der Waals surface area (Å²) in [6, 6.07) is 1.69. The predicted molar refractivity (Wildman–Crippen MR) is 79.7 cm³/mol. The number of carbonyl (C=O) groups excluding carboxylic acids is 1. The van der Waals surface area contributed by atoms with Crippen molar-refractivity contribution in [1.29, 1.82) is 0 Å². The van der Waals surface area contributed by atoms with Crippen LogP contribution in [0.3, 0.4) is 0 Å². The van der Waals surface area contributed by atoms with Crippen molar-refractivity contribution >= 4 is 33.6 Å². The number of ether oxygens (including phenoxy) is 1. The molecule has 0 aliphatic heterocycles. The summed E-state index contributed by atoms with van der Waals surface area (Å²) < 4.78 is 30.7.